The summed E-state index contributed by atoms with van der Waals surface area (Å²) in [5, 5.41) is 0. The fourth-order valence-corrected chi connectivity index (χ4v) is 3.54. The van der Waals surface area contributed by atoms with E-state index in [0.717, 1.165) is 52.0 Å². The Morgan fingerprint density at radius 2 is 1.81 bits per heavy atom. The minimum Gasteiger partial charge on any atom is -0.381 e. The smallest absolute Gasteiger partial charge is 0.0469 e. The van der Waals surface area contributed by atoms with Gasteiger partial charge in [-0.1, -0.05) is 0 Å². The van der Waals surface area contributed by atoms with E-state index in [2.05, 4.69) is 4.90 Å². The topological polar surface area (TPSA) is 38.5 Å². The summed E-state index contributed by atoms with van der Waals surface area (Å²) in [7, 11) is 0. The molecule has 0 bridgehead atoms. The lowest BCUT2D eigenvalue weighted by Crippen LogP contribution is -2.32. The van der Waals surface area contributed by atoms with Gasteiger partial charge < -0.3 is 15.4 Å². The van der Waals surface area contributed by atoms with Crippen LogP contribution in [0.25, 0.3) is 0 Å². The van der Waals surface area contributed by atoms with Crippen molar-refractivity contribution in [2.45, 2.75) is 31.7 Å². The number of fused-ring (bicyclic) bond motifs is 1. The highest BCUT2D eigenvalue weighted by atomic mass is 16.5. The maximum absolute atomic E-state index is 8.45. The van der Waals surface area contributed by atoms with Crippen LogP contribution in [0, 0.1) is 17.8 Å². The fourth-order valence-electron chi connectivity index (χ4n) is 3.54. The van der Waals surface area contributed by atoms with Crippen LogP contribution in [0.2, 0.25) is 0 Å². The summed E-state index contributed by atoms with van der Waals surface area (Å²) < 4.78 is 22.3. The summed E-state index contributed by atoms with van der Waals surface area (Å²) in [6, 6.07) is 0.357. The zero-order valence-corrected chi connectivity index (χ0v) is 9.90. The van der Waals surface area contributed by atoms with Crippen molar-refractivity contribution in [3.63, 3.8) is 0 Å². The molecule has 2 heterocycles. The van der Waals surface area contributed by atoms with Crippen molar-refractivity contribution >= 4 is 0 Å². The maximum Gasteiger partial charge on any atom is 0.0469 e. The van der Waals surface area contributed by atoms with Gasteiger partial charge >= 0.3 is 0 Å². The van der Waals surface area contributed by atoms with Gasteiger partial charge in [0, 0.05) is 41.6 Å². The second-order valence-electron chi connectivity index (χ2n) is 5.67. The van der Waals surface area contributed by atoms with Gasteiger partial charge in [-0.05, 0) is 43.4 Å². The van der Waals surface area contributed by atoms with E-state index in [4.69, 9.17) is 13.2 Å². The quantitative estimate of drug-likeness (QED) is 0.766. The van der Waals surface area contributed by atoms with E-state index in [1.54, 1.807) is 0 Å². The number of nitrogens with zero attached hydrogens (tertiary/aromatic N) is 1. The molecule has 2 atom stereocenters. The van der Waals surface area contributed by atoms with Crippen molar-refractivity contribution in [3.05, 3.63) is 0 Å². The molecule has 1 aliphatic carbocycles. The Balaban J connectivity index is 1.64. The van der Waals surface area contributed by atoms with Gasteiger partial charge in [0.2, 0.25) is 0 Å². The van der Waals surface area contributed by atoms with E-state index in [1.807, 2.05) is 0 Å². The van der Waals surface area contributed by atoms with Crippen LogP contribution in [0.5, 0.6) is 0 Å². The molecule has 1 saturated carbocycles. The third-order valence-electron chi connectivity index (χ3n) is 4.37. The second-order valence-corrected chi connectivity index (χ2v) is 5.67. The zero-order chi connectivity index (χ0) is 12.8. The average Bonchev–Trinajstić information content (AvgIpc) is 2.87. The molecule has 2 saturated heterocycles. The molecule has 0 aromatic carbocycles. The highest BCUT2D eigenvalue weighted by Crippen LogP contribution is 2.37. The van der Waals surface area contributed by atoms with Crippen LogP contribution in [0.1, 0.15) is 28.4 Å². The van der Waals surface area contributed by atoms with Gasteiger partial charge in [0.25, 0.3) is 0 Å². The predicted molar refractivity (Wildman–Crippen MR) is 64.2 cm³/mol. The van der Waals surface area contributed by atoms with Crippen LogP contribution in [0.3, 0.4) is 0 Å². The molecular weight excluding hydrogens is 200 g/mol. The minimum absolute atomic E-state index is 0.138. The first-order valence-corrected chi connectivity index (χ1v) is 6.65. The first kappa shape index (κ1) is 8.90. The molecule has 0 spiro atoms. The van der Waals surface area contributed by atoms with Crippen LogP contribution in [-0.2, 0) is 4.74 Å². The summed E-state index contributed by atoms with van der Waals surface area (Å²) in [4.78, 5) is 2.09. The molecule has 2 aliphatic heterocycles. The molecular formula is C13H24N2O. The first-order chi connectivity index (χ1) is 8.57. The number of hydrogen-bond donors (Lipinski definition) is 1. The summed E-state index contributed by atoms with van der Waals surface area (Å²) in [5.74, 6) is 1.41. The SMILES string of the molecule is [2H]C([2H])(C1CCOCC1)N1CC2CC(N)CC2C1. The van der Waals surface area contributed by atoms with Gasteiger partial charge in [0.1, 0.15) is 0 Å². The van der Waals surface area contributed by atoms with Gasteiger partial charge in [-0.15, -0.1) is 0 Å². The Hall–Kier alpha value is -0.120. The third kappa shape index (κ3) is 2.27. The maximum atomic E-state index is 8.45. The van der Waals surface area contributed by atoms with E-state index >= 15 is 0 Å². The molecule has 16 heavy (non-hydrogen) atoms. The van der Waals surface area contributed by atoms with Crippen molar-refractivity contribution in [2.24, 2.45) is 23.5 Å². The van der Waals surface area contributed by atoms with E-state index in [0.29, 0.717) is 17.9 Å². The highest BCUT2D eigenvalue weighted by molar-refractivity contribution is 4.94. The van der Waals surface area contributed by atoms with Crippen LogP contribution < -0.4 is 5.73 Å². The van der Waals surface area contributed by atoms with Crippen molar-refractivity contribution in [2.75, 3.05) is 32.8 Å². The molecule has 2 N–H and O–H groups in total. The normalized spacial score (nSPS) is 44.2. The van der Waals surface area contributed by atoms with Gasteiger partial charge in [0.05, 0.1) is 0 Å². The van der Waals surface area contributed by atoms with Crippen LogP contribution in [0.4, 0.5) is 0 Å². The first-order valence-electron chi connectivity index (χ1n) is 7.65. The molecule has 2 unspecified atom stereocenters. The highest BCUT2D eigenvalue weighted by Gasteiger charge is 2.39. The lowest BCUT2D eigenvalue weighted by molar-refractivity contribution is 0.0545. The van der Waals surface area contributed by atoms with Crippen LogP contribution in [-0.4, -0.2) is 43.7 Å². The number of ether oxygens (including phenoxy) is 1. The van der Waals surface area contributed by atoms with Gasteiger partial charge in [-0.2, -0.15) is 0 Å². The predicted octanol–water partition coefficient (Wildman–Crippen LogP) is 1.08. The Bertz CT molecular complexity index is 293. The van der Waals surface area contributed by atoms with Crippen molar-refractivity contribution in [3.8, 4) is 0 Å². The summed E-state index contributed by atoms with van der Waals surface area (Å²) in [6.45, 7) is 2.09. The monoisotopic (exact) mass is 226 g/mol. The molecule has 92 valence electrons. The molecule has 0 aromatic heterocycles. The molecule has 3 aliphatic rings. The number of likely N-dealkylation sites (tertiary alicyclic amines) is 1. The molecule has 3 fully saturated rings. The average molecular weight is 226 g/mol. The lowest BCUT2D eigenvalue weighted by Gasteiger charge is -2.27. The summed E-state index contributed by atoms with van der Waals surface area (Å²) >= 11 is 0. The number of nitrogens with two attached hydrogens (primary N) is 1. The van der Waals surface area contributed by atoms with Gasteiger partial charge in [-0.25, -0.2) is 0 Å². The Labute approximate surface area is 101 Å². The third-order valence-corrected chi connectivity index (χ3v) is 4.37. The summed E-state index contributed by atoms with van der Waals surface area (Å²) in [6.07, 6.45) is 3.90. The van der Waals surface area contributed by atoms with Crippen molar-refractivity contribution in [1.82, 2.24) is 4.90 Å². The fraction of sp³-hybridized carbons (Fsp3) is 1.00. The minimum atomic E-state index is -1.15. The van der Waals surface area contributed by atoms with Crippen molar-refractivity contribution in [1.29, 1.82) is 0 Å². The molecule has 0 radical (unpaired) electrons. The Kier molecular flexibility index (Phi) is 2.58. The van der Waals surface area contributed by atoms with E-state index in [-0.39, 0.29) is 5.92 Å². The zero-order valence-electron chi connectivity index (χ0n) is 11.9. The van der Waals surface area contributed by atoms with E-state index < -0.39 is 6.50 Å². The molecule has 3 rings (SSSR count). The largest absolute Gasteiger partial charge is 0.381 e. The summed E-state index contributed by atoms with van der Waals surface area (Å²) in [5.41, 5.74) is 5.99. The van der Waals surface area contributed by atoms with E-state index in [9.17, 15) is 0 Å². The van der Waals surface area contributed by atoms with Gasteiger partial charge in [0.15, 0.2) is 0 Å². The molecule has 0 amide bonds. The molecule has 0 aromatic rings. The number of hydrogen-bond acceptors (Lipinski definition) is 3. The lowest BCUT2D eigenvalue weighted by atomic mass is 10.00. The van der Waals surface area contributed by atoms with Gasteiger partial charge in [-0.3, -0.25) is 0 Å². The number of rotatable bonds is 2. The van der Waals surface area contributed by atoms with E-state index in [1.165, 1.54) is 0 Å². The van der Waals surface area contributed by atoms with Crippen LogP contribution in [0.15, 0.2) is 0 Å². The second kappa shape index (κ2) is 4.63. The van der Waals surface area contributed by atoms with Crippen LogP contribution >= 0.6 is 0 Å². The Morgan fingerprint density at radius 3 is 2.44 bits per heavy atom. The van der Waals surface area contributed by atoms with Crippen molar-refractivity contribution < 1.29 is 7.48 Å². The molecule has 3 nitrogen and oxygen atoms in total. The standard InChI is InChI=1S/C13H24N2O/c14-13-5-11-8-15(9-12(11)6-13)7-10-1-3-16-4-2-10/h10-13H,1-9,14H2/i7D2. The Morgan fingerprint density at radius 1 is 1.19 bits per heavy atom. The molecule has 3 heteroatoms.